The minimum absolute atomic E-state index is 0.0453. The highest BCUT2D eigenvalue weighted by molar-refractivity contribution is 6.03. The quantitative estimate of drug-likeness (QED) is 0.722. The van der Waals surface area contributed by atoms with Gasteiger partial charge in [-0.25, -0.2) is 14.4 Å². The predicted octanol–water partition coefficient (Wildman–Crippen LogP) is 3.13. The van der Waals surface area contributed by atoms with E-state index in [0.717, 1.165) is 6.42 Å². The number of anilines is 1. The molecule has 3 N–H and O–H groups in total. The van der Waals surface area contributed by atoms with Crippen molar-refractivity contribution in [2.75, 3.05) is 11.9 Å². The highest BCUT2D eigenvalue weighted by Gasteiger charge is 2.57. The van der Waals surface area contributed by atoms with E-state index in [9.17, 15) is 9.18 Å². The monoisotopic (exact) mass is 422 g/mol. The molecule has 2 heterocycles. The van der Waals surface area contributed by atoms with Crippen LogP contribution in [-0.2, 0) is 10.3 Å². The van der Waals surface area contributed by atoms with Crippen LogP contribution in [0, 0.1) is 30.5 Å². The molecule has 1 amide bonds. The number of aliphatic imine (C=N–C) groups is 1. The summed E-state index contributed by atoms with van der Waals surface area (Å²) in [5.41, 5.74) is 6.66. The number of aromatic nitrogens is 1. The van der Waals surface area contributed by atoms with Crippen molar-refractivity contribution in [2.24, 2.45) is 16.6 Å². The Morgan fingerprint density at radius 1 is 1.45 bits per heavy atom. The van der Waals surface area contributed by atoms with Crippen LogP contribution in [0.1, 0.15) is 41.9 Å². The number of benzene rings is 1. The molecule has 1 aliphatic carbocycles. The fourth-order valence-corrected chi connectivity index (χ4v) is 3.89. The number of aryl methyl sites for hydroxylation is 1. The number of hydrogen-bond acceptors (Lipinski definition) is 6. The van der Waals surface area contributed by atoms with Crippen molar-refractivity contribution in [1.82, 2.24) is 4.98 Å². The Balaban J connectivity index is 1.55. The van der Waals surface area contributed by atoms with E-state index in [1.54, 1.807) is 26.0 Å². The van der Waals surface area contributed by atoms with Crippen LogP contribution in [0.4, 0.5) is 10.1 Å². The highest BCUT2D eigenvalue weighted by atomic mass is 19.1. The number of fused-ring (bicyclic) bond motifs is 1. The number of ether oxygens (including phenoxy) is 2. The zero-order valence-corrected chi connectivity index (χ0v) is 17.5. The summed E-state index contributed by atoms with van der Waals surface area (Å²) in [5, 5.41) is 2.79. The molecule has 1 aromatic carbocycles. The number of pyridine rings is 1. The van der Waals surface area contributed by atoms with Crippen molar-refractivity contribution < 1.29 is 18.7 Å². The van der Waals surface area contributed by atoms with Crippen LogP contribution < -0.4 is 15.8 Å². The highest BCUT2D eigenvalue weighted by Crippen LogP contribution is 2.53. The average molecular weight is 422 g/mol. The number of amides is 1. The van der Waals surface area contributed by atoms with E-state index in [4.69, 9.17) is 15.2 Å². The number of nitrogens with two attached hydrogens (primary N) is 1. The lowest BCUT2D eigenvalue weighted by Crippen LogP contribution is -2.35. The molecule has 2 aromatic rings. The summed E-state index contributed by atoms with van der Waals surface area (Å²) >= 11 is 0. The summed E-state index contributed by atoms with van der Waals surface area (Å²) in [6, 6.07) is 6.21. The molecule has 0 saturated heterocycles. The van der Waals surface area contributed by atoms with E-state index in [1.165, 1.54) is 18.3 Å². The van der Waals surface area contributed by atoms with Crippen LogP contribution in [0.2, 0.25) is 0 Å². The molecule has 7 nitrogen and oxygen atoms in total. The third kappa shape index (κ3) is 4.04. The van der Waals surface area contributed by atoms with Gasteiger partial charge >= 0.3 is 0 Å². The summed E-state index contributed by atoms with van der Waals surface area (Å²) < 4.78 is 25.6. The topological polar surface area (TPSA) is 98.8 Å². The first kappa shape index (κ1) is 20.7. The summed E-state index contributed by atoms with van der Waals surface area (Å²) in [4.78, 5) is 21.4. The standard InChI is InChI=1S/C23H23FN4O3/c1-4-5-8-30-15-9-13(2)20(26-12-15)21(29)27-14-6-7-18(24)16(10-14)23(3)17-11-19(17)31-22(25)28-23/h6-7,9-10,12,17,19H,8,11H2,1-3H3,(H2,25,28)(H,27,29)/t17?,19-,23-/m1/s1. The van der Waals surface area contributed by atoms with Crippen molar-refractivity contribution in [3.05, 3.63) is 53.1 Å². The van der Waals surface area contributed by atoms with Gasteiger partial charge in [0, 0.05) is 17.2 Å². The smallest absolute Gasteiger partial charge is 0.283 e. The first-order valence-electron chi connectivity index (χ1n) is 9.94. The molecule has 0 bridgehead atoms. The second-order valence-electron chi connectivity index (χ2n) is 7.80. The van der Waals surface area contributed by atoms with Gasteiger partial charge in [0.05, 0.1) is 11.7 Å². The lowest BCUT2D eigenvalue weighted by molar-refractivity contribution is 0.102. The molecule has 8 heteroatoms. The fraction of sp³-hybridized carbons (Fsp3) is 0.348. The number of halogens is 1. The van der Waals surface area contributed by atoms with Crippen LogP contribution in [0.15, 0.2) is 35.5 Å². The normalized spacial score (nSPS) is 23.4. The Morgan fingerprint density at radius 3 is 3.00 bits per heavy atom. The molecule has 1 saturated carbocycles. The molecule has 1 fully saturated rings. The molecule has 2 aliphatic rings. The molecule has 1 aromatic heterocycles. The van der Waals surface area contributed by atoms with Gasteiger partial charge in [-0.2, -0.15) is 0 Å². The third-order valence-corrected chi connectivity index (χ3v) is 5.59. The van der Waals surface area contributed by atoms with Crippen LogP contribution in [0.3, 0.4) is 0 Å². The Morgan fingerprint density at radius 2 is 2.26 bits per heavy atom. The third-order valence-electron chi connectivity index (χ3n) is 5.59. The van der Waals surface area contributed by atoms with Crippen molar-refractivity contribution in [2.45, 2.75) is 38.8 Å². The molecular formula is C23H23FN4O3. The van der Waals surface area contributed by atoms with Gasteiger partial charge in [0.1, 0.15) is 30.0 Å². The number of rotatable bonds is 5. The number of nitrogens with zero attached hydrogens (tertiary/aromatic N) is 2. The van der Waals surface area contributed by atoms with E-state index in [-0.39, 0.29) is 30.3 Å². The molecule has 0 radical (unpaired) electrons. The first-order chi connectivity index (χ1) is 14.8. The molecular weight excluding hydrogens is 399 g/mol. The van der Waals surface area contributed by atoms with Gasteiger partial charge in [-0.1, -0.05) is 5.92 Å². The van der Waals surface area contributed by atoms with Crippen LogP contribution >= 0.6 is 0 Å². The summed E-state index contributed by atoms with van der Waals surface area (Å²) in [6.07, 6.45) is 2.19. The Kier molecular flexibility index (Phi) is 5.27. The van der Waals surface area contributed by atoms with E-state index in [1.807, 2.05) is 6.92 Å². The predicted molar refractivity (Wildman–Crippen MR) is 114 cm³/mol. The second kappa shape index (κ2) is 7.91. The molecule has 3 atom stereocenters. The summed E-state index contributed by atoms with van der Waals surface area (Å²) in [7, 11) is 0. The number of carbonyl (C=O) groups excluding carboxylic acids is 1. The maximum absolute atomic E-state index is 14.7. The minimum atomic E-state index is -0.841. The van der Waals surface area contributed by atoms with Gasteiger partial charge in [0.25, 0.3) is 11.9 Å². The lowest BCUT2D eigenvalue weighted by atomic mass is 9.86. The second-order valence-corrected chi connectivity index (χ2v) is 7.80. The van der Waals surface area contributed by atoms with Gasteiger partial charge in [0.15, 0.2) is 0 Å². The molecule has 0 spiro atoms. The number of amidine groups is 1. The van der Waals surface area contributed by atoms with Crippen LogP contribution in [0.5, 0.6) is 5.75 Å². The van der Waals surface area contributed by atoms with Gasteiger partial charge in [-0.05, 0) is 57.0 Å². The number of carbonyl (C=O) groups is 1. The van der Waals surface area contributed by atoms with E-state index in [0.29, 0.717) is 22.6 Å². The zero-order chi connectivity index (χ0) is 22.2. The SMILES string of the molecule is CC#CCOc1cnc(C(=O)Nc2ccc(F)c([C@@]3(C)N=C(N)O[C@@H]4CC43)c2)c(C)c1. The summed E-state index contributed by atoms with van der Waals surface area (Å²) in [5.74, 6) is 5.31. The Labute approximate surface area is 179 Å². The van der Waals surface area contributed by atoms with Gasteiger partial charge in [-0.15, -0.1) is 5.92 Å². The van der Waals surface area contributed by atoms with E-state index >= 15 is 0 Å². The number of nitrogens with one attached hydrogen (secondary N) is 1. The van der Waals surface area contributed by atoms with Crippen LogP contribution in [-0.4, -0.2) is 29.6 Å². The van der Waals surface area contributed by atoms with Crippen molar-refractivity contribution in [3.8, 4) is 17.6 Å². The Bertz CT molecular complexity index is 1140. The molecule has 1 aliphatic heterocycles. The molecule has 160 valence electrons. The zero-order valence-electron chi connectivity index (χ0n) is 17.5. The van der Waals surface area contributed by atoms with E-state index < -0.39 is 17.3 Å². The summed E-state index contributed by atoms with van der Waals surface area (Å²) in [6.45, 7) is 5.59. The maximum atomic E-state index is 14.7. The largest absolute Gasteiger partial charge is 0.479 e. The average Bonchev–Trinajstić information content (AvgIpc) is 3.50. The maximum Gasteiger partial charge on any atom is 0.283 e. The molecule has 31 heavy (non-hydrogen) atoms. The lowest BCUT2D eigenvalue weighted by Gasteiger charge is -2.30. The van der Waals surface area contributed by atoms with Gasteiger partial charge in [-0.3, -0.25) is 4.79 Å². The molecule has 1 unspecified atom stereocenters. The van der Waals surface area contributed by atoms with Crippen molar-refractivity contribution in [1.29, 1.82) is 0 Å². The van der Waals surface area contributed by atoms with Crippen molar-refractivity contribution in [3.63, 3.8) is 0 Å². The fourth-order valence-electron chi connectivity index (χ4n) is 3.89. The van der Waals surface area contributed by atoms with Gasteiger partial charge in [0.2, 0.25) is 0 Å². The molecule has 4 rings (SSSR count). The van der Waals surface area contributed by atoms with Crippen molar-refractivity contribution >= 4 is 17.6 Å². The first-order valence-corrected chi connectivity index (χ1v) is 9.94. The number of hydrogen-bond donors (Lipinski definition) is 2. The van der Waals surface area contributed by atoms with E-state index in [2.05, 4.69) is 27.1 Å². The minimum Gasteiger partial charge on any atom is -0.479 e. The van der Waals surface area contributed by atoms with Gasteiger partial charge < -0.3 is 20.5 Å². The Hall–Kier alpha value is -3.60. The van der Waals surface area contributed by atoms with Crippen LogP contribution in [0.25, 0.3) is 0 Å².